The number of nitrogens with zero attached hydrogens (tertiary/aromatic N) is 1. The Hall–Kier alpha value is -1.18. The summed E-state index contributed by atoms with van der Waals surface area (Å²) in [6, 6.07) is 1.17. The first-order valence-corrected chi connectivity index (χ1v) is 8.40. The molecule has 2 rings (SSSR count). The van der Waals surface area contributed by atoms with Crippen LogP contribution in [-0.2, 0) is 14.8 Å². The highest BCUT2D eigenvalue weighted by Gasteiger charge is 2.33. The molecule has 1 unspecified atom stereocenters. The lowest BCUT2D eigenvalue weighted by atomic mass is 10.1. The van der Waals surface area contributed by atoms with Gasteiger partial charge in [0.2, 0.25) is 10.0 Å². The first-order chi connectivity index (χ1) is 9.78. The third-order valence-electron chi connectivity index (χ3n) is 3.86. The van der Waals surface area contributed by atoms with Gasteiger partial charge in [-0.2, -0.15) is 4.31 Å². The third-order valence-corrected chi connectivity index (χ3v) is 6.01. The lowest BCUT2D eigenvalue weighted by Gasteiger charge is -2.32. The molecular weight excluding hydrogens is 295 g/mol. The highest BCUT2D eigenvalue weighted by Crippen LogP contribution is 2.30. The van der Waals surface area contributed by atoms with Crippen LogP contribution >= 0.6 is 0 Å². The molecule has 1 aliphatic heterocycles. The molecule has 1 fully saturated rings. The number of halogens is 1. The van der Waals surface area contributed by atoms with Gasteiger partial charge in [-0.05, 0) is 37.5 Å². The van der Waals surface area contributed by atoms with E-state index in [9.17, 15) is 12.8 Å². The van der Waals surface area contributed by atoms with Gasteiger partial charge in [0, 0.05) is 13.1 Å². The molecule has 0 aliphatic carbocycles. The van der Waals surface area contributed by atoms with Crippen LogP contribution in [0.1, 0.15) is 24.5 Å². The monoisotopic (exact) mass is 316 g/mol. The molecule has 1 aromatic rings. The zero-order valence-corrected chi connectivity index (χ0v) is 13.3. The normalized spacial score (nSPS) is 20.7. The number of ether oxygens (including phenoxy) is 1. The Balaban J connectivity index is 2.47. The van der Waals surface area contributed by atoms with Crippen LogP contribution in [0.15, 0.2) is 11.0 Å². The van der Waals surface area contributed by atoms with Crippen molar-refractivity contribution in [2.45, 2.75) is 38.2 Å². The molecule has 0 aromatic heterocycles. The number of aryl methyl sites for hydroxylation is 1. The van der Waals surface area contributed by atoms with Gasteiger partial charge in [-0.15, -0.1) is 0 Å². The van der Waals surface area contributed by atoms with Crippen LogP contribution in [0.2, 0.25) is 0 Å². The maximum Gasteiger partial charge on any atom is 0.243 e. The van der Waals surface area contributed by atoms with E-state index in [1.54, 1.807) is 6.92 Å². The molecule has 0 saturated carbocycles. The van der Waals surface area contributed by atoms with Gasteiger partial charge in [0.25, 0.3) is 0 Å². The summed E-state index contributed by atoms with van der Waals surface area (Å²) in [6.07, 6.45) is 0.641. The summed E-state index contributed by atoms with van der Waals surface area (Å²) < 4.78 is 46.2. The maximum absolute atomic E-state index is 13.6. The van der Waals surface area contributed by atoms with Crippen molar-refractivity contribution in [2.75, 3.05) is 25.4 Å². The summed E-state index contributed by atoms with van der Waals surface area (Å²) in [6.45, 7) is 6.06. The molecule has 2 N–H and O–H groups in total. The average Bonchev–Trinajstić information content (AvgIpc) is 2.44. The standard InChI is InChI=1S/C14H21FN2O3S/c1-4-11-8-17(5-6-20-11)21(18,19)14-9(2)7-12(15)13(16)10(14)3/h7,11H,4-6,8,16H2,1-3H3. The van der Waals surface area contributed by atoms with E-state index in [4.69, 9.17) is 10.5 Å². The lowest BCUT2D eigenvalue weighted by Crippen LogP contribution is -2.45. The van der Waals surface area contributed by atoms with Crippen LogP contribution in [0.3, 0.4) is 0 Å². The number of nitrogens with two attached hydrogens (primary N) is 1. The van der Waals surface area contributed by atoms with Gasteiger partial charge in [-0.25, -0.2) is 12.8 Å². The number of morpholine rings is 1. The minimum Gasteiger partial charge on any atom is -0.396 e. The molecule has 21 heavy (non-hydrogen) atoms. The minimum absolute atomic E-state index is 0.105. The molecule has 0 spiro atoms. The summed E-state index contributed by atoms with van der Waals surface area (Å²) in [5.74, 6) is -0.586. The van der Waals surface area contributed by atoms with Crippen molar-refractivity contribution in [3.05, 3.63) is 23.0 Å². The van der Waals surface area contributed by atoms with Gasteiger partial charge in [0.1, 0.15) is 5.82 Å². The van der Waals surface area contributed by atoms with Crippen LogP contribution in [0, 0.1) is 19.7 Å². The van der Waals surface area contributed by atoms with Crippen molar-refractivity contribution in [1.29, 1.82) is 0 Å². The van der Waals surface area contributed by atoms with Gasteiger partial charge in [0.05, 0.1) is 23.3 Å². The summed E-state index contributed by atoms with van der Waals surface area (Å²) in [7, 11) is -3.70. The van der Waals surface area contributed by atoms with Crippen molar-refractivity contribution < 1.29 is 17.5 Å². The lowest BCUT2D eigenvalue weighted by molar-refractivity contribution is -0.00279. The van der Waals surface area contributed by atoms with Gasteiger partial charge in [0.15, 0.2) is 0 Å². The smallest absolute Gasteiger partial charge is 0.243 e. The molecule has 1 atom stereocenters. The van der Waals surface area contributed by atoms with Gasteiger partial charge < -0.3 is 10.5 Å². The van der Waals surface area contributed by atoms with Crippen molar-refractivity contribution in [1.82, 2.24) is 4.31 Å². The molecule has 1 heterocycles. The fourth-order valence-electron chi connectivity index (χ4n) is 2.61. The summed E-state index contributed by atoms with van der Waals surface area (Å²) in [5.41, 5.74) is 6.18. The van der Waals surface area contributed by atoms with Gasteiger partial charge in [-0.1, -0.05) is 6.92 Å². The number of sulfonamides is 1. The molecule has 0 amide bonds. The van der Waals surface area contributed by atoms with E-state index in [0.717, 1.165) is 6.42 Å². The molecular formula is C14H21FN2O3S. The van der Waals surface area contributed by atoms with E-state index in [1.165, 1.54) is 17.3 Å². The zero-order valence-electron chi connectivity index (χ0n) is 12.5. The fraction of sp³-hybridized carbons (Fsp3) is 0.571. The molecule has 1 aromatic carbocycles. The van der Waals surface area contributed by atoms with Crippen molar-refractivity contribution in [3.63, 3.8) is 0 Å². The van der Waals surface area contributed by atoms with Crippen LogP contribution < -0.4 is 5.73 Å². The molecule has 7 heteroatoms. The zero-order chi connectivity index (χ0) is 15.8. The second kappa shape index (κ2) is 5.90. The highest BCUT2D eigenvalue weighted by atomic mass is 32.2. The van der Waals surface area contributed by atoms with Crippen LogP contribution in [0.5, 0.6) is 0 Å². The van der Waals surface area contributed by atoms with E-state index < -0.39 is 15.8 Å². The van der Waals surface area contributed by atoms with E-state index >= 15 is 0 Å². The summed E-state index contributed by atoms with van der Waals surface area (Å²) in [5, 5.41) is 0. The SMILES string of the molecule is CCC1CN(S(=O)(=O)c2c(C)cc(F)c(N)c2C)CCO1. The van der Waals surface area contributed by atoms with Gasteiger partial charge >= 0.3 is 0 Å². The Morgan fingerprint density at radius 3 is 2.76 bits per heavy atom. The predicted molar refractivity (Wildman–Crippen MR) is 79.1 cm³/mol. The summed E-state index contributed by atoms with van der Waals surface area (Å²) in [4.78, 5) is 0.109. The molecule has 118 valence electrons. The predicted octanol–water partition coefficient (Wildman–Crippen LogP) is 1.82. The van der Waals surface area contributed by atoms with Crippen LogP contribution in [0.25, 0.3) is 0 Å². The second-order valence-electron chi connectivity index (χ2n) is 5.31. The number of benzene rings is 1. The topological polar surface area (TPSA) is 72.6 Å². The average molecular weight is 316 g/mol. The molecule has 0 radical (unpaired) electrons. The Morgan fingerprint density at radius 2 is 2.14 bits per heavy atom. The number of hydrogen-bond acceptors (Lipinski definition) is 4. The van der Waals surface area contributed by atoms with Crippen molar-refractivity contribution in [2.24, 2.45) is 0 Å². The Bertz CT molecular complexity index is 646. The number of hydrogen-bond donors (Lipinski definition) is 1. The number of nitrogen functional groups attached to an aromatic ring is 1. The van der Waals surface area contributed by atoms with Crippen LogP contribution in [0.4, 0.5) is 10.1 Å². The Labute approximate surface area is 124 Å². The highest BCUT2D eigenvalue weighted by molar-refractivity contribution is 7.89. The summed E-state index contributed by atoms with van der Waals surface area (Å²) >= 11 is 0. The Kier molecular flexibility index (Phi) is 4.55. The molecule has 0 bridgehead atoms. The quantitative estimate of drug-likeness (QED) is 0.864. The largest absolute Gasteiger partial charge is 0.396 e. The van der Waals surface area contributed by atoms with Crippen LogP contribution in [-0.4, -0.2) is 38.5 Å². The minimum atomic E-state index is -3.70. The number of rotatable bonds is 3. The third kappa shape index (κ3) is 2.90. The van der Waals surface area contributed by atoms with Crippen molar-refractivity contribution >= 4 is 15.7 Å². The second-order valence-corrected chi connectivity index (χ2v) is 7.18. The van der Waals surface area contributed by atoms with E-state index in [-0.39, 0.29) is 22.3 Å². The van der Waals surface area contributed by atoms with E-state index in [1.807, 2.05) is 6.92 Å². The van der Waals surface area contributed by atoms with Gasteiger partial charge in [-0.3, -0.25) is 0 Å². The molecule has 1 saturated heterocycles. The molecule has 5 nitrogen and oxygen atoms in total. The van der Waals surface area contributed by atoms with Crippen molar-refractivity contribution in [3.8, 4) is 0 Å². The Morgan fingerprint density at radius 1 is 1.48 bits per heavy atom. The van der Waals surface area contributed by atoms with E-state index in [2.05, 4.69) is 0 Å². The maximum atomic E-state index is 13.6. The number of anilines is 1. The first kappa shape index (κ1) is 16.2. The first-order valence-electron chi connectivity index (χ1n) is 6.96. The molecule has 1 aliphatic rings. The fourth-order valence-corrected chi connectivity index (χ4v) is 4.51. The van der Waals surface area contributed by atoms with E-state index in [0.29, 0.717) is 25.3 Å².